The lowest BCUT2D eigenvalue weighted by molar-refractivity contribution is -0.144. The summed E-state index contributed by atoms with van der Waals surface area (Å²) in [7, 11) is -3.57. The first-order valence-corrected chi connectivity index (χ1v) is 6.42. The fourth-order valence-corrected chi connectivity index (χ4v) is 2.86. The summed E-state index contributed by atoms with van der Waals surface area (Å²) in [4.78, 5) is 10.7. The van der Waals surface area contributed by atoms with Gasteiger partial charge in [-0.3, -0.25) is 4.79 Å². The highest BCUT2D eigenvalue weighted by molar-refractivity contribution is 7.90. The fourth-order valence-electron chi connectivity index (χ4n) is 1.49. The highest BCUT2D eigenvalue weighted by Gasteiger charge is 2.42. The molecule has 6 nitrogen and oxygen atoms in total. The summed E-state index contributed by atoms with van der Waals surface area (Å²) in [6.45, 7) is 3.28. The summed E-state index contributed by atoms with van der Waals surface area (Å²) in [5.41, 5.74) is 0. The standard InChI is InChI=1S/C9H14N2O4S/c1-6(3-10)16(14,15)11-4-8(5-11)7(2)9(12)13/h6-8H,4-5H2,1-2H3,(H,12,13). The zero-order valence-electron chi connectivity index (χ0n) is 9.12. The molecule has 7 heteroatoms. The molecule has 0 aromatic heterocycles. The van der Waals surface area contributed by atoms with Gasteiger partial charge in [0.15, 0.2) is 5.25 Å². The summed E-state index contributed by atoms with van der Waals surface area (Å²) >= 11 is 0. The van der Waals surface area contributed by atoms with E-state index in [9.17, 15) is 13.2 Å². The van der Waals surface area contributed by atoms with E-state index in [4.69, 9.17) is 10.4 Å². The van der Waals surface area contributed by atoms with Gasteiger partial charge in [-0.2, -0.15) is 5.26 Å². The lowest BCUT2D eigenvalue weighted by Gasteiger charge is -2.40. The van der Waals surface area contributed by atoms with Crippen LogP contribution in [0.15, 0.2) is 0 Å². The first kappa shape index (κ1) is 12.9. The van der Waals surface area contributed by atoms with E-state index in [2.05, 4.69) is 0 Å². The van der Waals surface area contributed by atoms with Gasteiger partial charge in [0, 0.05) is 13.1 Å². The molecule has 0 bridgehead atoms. The van der Waals surface area contributed by atoms with Crippen LogP contribution in [0.2, 0.25) is 0 Å². The number of nitrogens with zero attached hydrogens (tertiary/aromatic N) is 2. The molecule has 16 heavy (non-hydrogen) atoms. The fraction of sp³-hybridized carbons (Fsp3) is 0.778. The Hall–Kier alpha value is -1.13. The van der Waals surface area contributed by atoms with E-state index in [-0.39, 0.29) is 19.0 Å². The van der Waals surface area contributed by atoms with Crippen molar-refractivity contribution in [2.45, 2.75) is 19.1 Å². The zero-order valence-corrected chi connectivity index (χ0v) is 9.94. The molecule has 0 aromatic carbocycles. The molecule has 0 spiro atoms. The van der Waals surface area contributed by atoms with E-state index < -0.39 is 27.2 Å². The number of carboxylic acid groups (broad SMARTS) is 1. The summed E-state index contributed by atoms with van der Waals surface area (Å²) in [5, 5.41) is 16.2. The minimum absolute atomic E-state index is 0.154. The van der Waals surface area contributed by atoms with Crippen LogP contribution < -0.4 is 0 Å². The average molecular weight is 246 g/mol. The third kappa shape index (κ3) is 2.18. The molecule has 0 radical (unpaired) electrons. The van der Waals surface area contributed by atoms with Crippen LogP contribution in [0.4, 0.5) is 0 Å². The van der Waals surface area contributed by atoms with Crippen LogP contribution in [0.25, 0.3) is 0 Å². The van der Waals surface area contributed by atoms with Gasteiger partial charge in [0.25, 0.3) is 0 Å². The van der Waals surface area contributed by atoms with Crippen LogP contribution >= 0.6 is 0 Å². The molecule has 1 aliphatic rings. The summed E-state index contributed by atoms with van der Waals surface area (Å²) in [5.74, 6) is -1.63. The van der Waals surface area contributed by atoms with Gasteiger partial charge >= 0.3 is 5.97 Å². The van der Waals surface area contributed by atoms with Crippen LogP contribution in [0.3, 0.4) is 0 Å². The van der Waals surface area contributed by atoms with E-state index >= 15 is 0 Å². The normalized spacial score (nSPS) is 21.8. The third-order valence-corrected chi connectivity index (χ3v) is 4.98. The van der Waals surface area contributed by atoms with E-state index in [0.29, 0.717) is 0 Å². The Morgan fingerprint density at radius 2 is 2.00 bits per heavy atom. The van der Waals surface area contributed by atoms with E-state index in [1.54, 1.807) is 13.0 Å². The number of carbonyl (C=O) groups is 1. The Morgan fingerprint density at radius 3 is 2.38 bits per heavy atom. The topological polar surface area (TPSA) is 98.5 Å². The van der Waals surface area contributed by atoms with Gasteiger partial charge in [-0.15, -0.1) is 0 Å². The largest absolute Gasteiger partial charge is 0.481 e. The lowest BCUT2D eigenvalue weighted by atomic mass is 9.89. The first-order chi connectivity index (χ1) is 7.30. The summed E-state index contributed by atoms with van der Waals surface area (Å²) < 4.78 is 24.4. The molecule has 2 unspecified atom stereocenters. The van der Waals surface area contributed by atoms with Crippen molar-refractivity contribution in [2.24, 2.45) is 11.8 Å². The quantitative estimate of drug-likeness (QED) is 0.745. The second kappa shape index (κ2) is 4.39. The van der Waals surface area contributed by atoms with Crippen molar-refractivity contribution >= 4 is 16.0 Å². The monoisotopic (exact) mass is 246 g/mol. The molecule has 2 atom stereocenters. The van der Waals surface area contributed by atoms with Gasteiger partial charge in [0.1, 0.15) is 0 Å². The summed E-state index contributed by atoms with van der Waals surface area (Å²) in [6.07, 6.45) is 0. The van der Waals surface area contributed by atoms with Gasteiger partial charge in [0.05, 0.1) is 12.0 Å². The van der Waals surface area contributed by atoms with E-state index in [0.717, 1.165) is 0 Å². The predicted molar refractivity (Wildman–Crippen MR) is 55.9 cm³/mol. The predicted octanol–water partition coefficient (Wildman–Crippen LogP) is -0.119. The Labute approximate surface area is 94.5 Å². The molecular formula is C9H14N2O4S. The van der Waals surface area contributed by atoms with Crippen molar-refractivity contribution < 1.29 is 18.3 Å². The van der Waals surface area contributed by atoms with Crippen LogP contribution in [-0.2, 0) is 14.8 Å². The number of aliphatic carboxylic acids is 1. The molecule has 1 saturated heterocycles. The zero-order chi connectivity index (χ0) is 12.5. The van der Waals surface area contributed by atoms with Crippen LogP contribution in [0.5, 0.6) is 0 Å². The smallest absolute Gasteiger partial charge is 0.306 e. The van der Waals surface area contributed by atoms with Crippen LogP contribution in [-0.4, -0.2) is 42.1 Å². The molecule has 0 aliphatic carbocycles. The van der Waals surface area contributed by atoms with Gasteiger partial charge in [-0.25, -0.2) is 12.7 Å². The summed E-state index contributed by atoms with van der Waals surface area (Å²) in [6, 6.07) is 1.68. The number of hydrogen-bond acceptors (Lipinski definition) is 4. The highest BCUT2D eigenvalue weighted by Crippen LogP contribution is 2.28. The van der Waals surface area contributed by atoms with Crippen LogP contribution in [0, 0.1) is 23.2 Å². The molecular weight excluding hydrogens is 232 g/mol. The molecule has 0 aromatic rings. The van der Waals surface area contributed by atoms with E-state index in [1.807, 2.05) is 0 Å². The number of nitriles is 1. The molecule has 0 saturated carbocycles. The van der Waals surface area contributed by atoms with Crippen molar-refractivity contribution in [3.8, 4) is 6.07 Å². The van der Waals surface area contributed by atoms with Crippen molar-refractivity contribution in [1.29, 1.82) is 5.26 Å². The number of rotatable bonds is 4. The molecule has 1 N–H and O–H groups in total. The molecule has 1 fully saturated rings. The Morgan fingerprint density at radius 1 is 1.50 bits per heavy atom. The molecule has 0 amide bonds. The SMILES string of the molecule is CC(C(=O)O)C1CN(S(=O)(=O)C(C)C#N)C1. The molecule has 1 aliphatic heterocycles. The minimum atomic E-state index is -3.57. The number of hydrogen-bond donors (Lipinski definition) is 1. The maximum absolute atomic E-state index is 11.6. The van der Waals surface area contributed by atoms with Gasteiger partial charge in [-0.1, -0.05) is 6.92 Å². The van der Waals surface area contributed by atoms with Crippen LogP contribution in [0.1, 0.15) is 13.8 Å². The van der Waals surface area contributed by atoms with Crippen molar-refractivity contribution in [1.82, 2.24) is 4.31 Å². The second-order valence-electron chi connectivity index (χ2n) is 4.02. The maximum atomic E-state index is 11.6. The second-order valence-corrected chi connectivity index (χ2v) is 6.27. The van der Waals surface area contributed by atoms with E-state index in [1.165, 1.54) is 11.2 Å². The van der Waals surface area contributed by atoms with Gasteiger partial charge < -0.3 is 5.11 Å². The van der Waals surface area contributed by atoms with Crippen molar-refractivity contribution in [3.05, 3.63) is 0 Å². The molecule has 1 heterocycles. The Kier molecular flexibility index (Phi) is 3.55. The third-order valence-electron chi connectivity index (χ3n) is 2.96. The number of sulfonamides is 1. The lowest BCUT2D eigenvalue weighted by Crippen LogP contribution is -2.55. The van der Waals surface area contributed by atoms with Gasteiger partial charge in [0.2, 0.25) is 10.0 Å². The average Bonchev–Trinajstić information content (AvgIpc) is 2.13. The highest BCUT2D eigenvalue weighted by atomic mass is 32.2. The molecule has 90 valence electrons. The van der Waals surface area contributed by atoms with Gasteiger partial charge in [-0.05, 0) is 12.8 Å². The van der Waals surface area contributed by atoms with Crippen molar-refractivity contribution in [2.75, 3.05) is 13.1 Å². The molecule has 1 rings (SSSR count). The van der Waals surface area contributed by atoms with Crippen molar-refractivity contribution in [3.63, 3.8) is 0 Å². The maximum Gasteiger partial charge on any atom is 0.306 e. The minimum Gasteiger partial charge on any atom is -0.481 e. The Balaban J connectivity index is 2.61. The number of carboxylic acids is 1. The first-order valence-electron chi connectivity index (χ1n) is 4.92. The Bertz CT molecular complexity index is 419.